The largest absolute Gasteiger partial charge is 0.368 e. The number of rotatable bonds is 4. The van der Waals surface area contributed by atoms with E-state index < -0.39 is 15.6 Å². The van der Waals surface area contributed by atoms with E-state index in [2.05, 4.69) is 14.7 Å². The SMILES string of the molecule is CCC(C)(C)NS(=O)(=O)c1cnc(N)nc1. The van der Waals surface area contributed by atoms with E-state index in [4.69, 9.17) is 5.73 Å². The van der Waals surface area contributed by atoms with Crippen molar-refractivity contribution < 1.29 is 8.42 Å². The number of hydrogen-bond acceptors (Lipinski definition) is 5. The van der Waals surface area contributed by atoms with Gasteiger partial charge in [-0.3, -0.25) is 0 Å². The Morgan fingerprint density at radius 1 is 1.38 bits per heavy atom. The molecule has 0 atom stereocenters. The fraction of sp³-hybridized carbons (Fsp3) is 0.556. The number of nitrogens with two attached hydrogens (primary N) is 1. The second kappa shape index (κ2) is 4.34. The normalized spacial score (nSPS) is 12.7. The van der Waals surface area contributed by atoms with E-state index in [0.717, 1.165) is 0 Å². The van der Waals surface area contributed by atoms with Crippen molar-refractivity contribution in [3.63, 3.8) is 0 Å². The molecule has 0 aliphatic carbocycles. The second-order valence-corrected chi connectivity index (χ2v) is 5.80. The minimum atomic E-state index is -3.58. The molecule has 1 aromatic heterocycles. The first-order valence-electron chi connectivity index (χ1n) is 4.88. The molecule has 16 heavy (non-hydrogen) atoms. The molecule has 1 aromatic rings. The summed E-state index contributed by atoms with van der Waals surface area (Å²) in [7, 11) is -3.58. The third-order valence-electron chi connectivity index (χ3n) is 2.25. The van der Waals surface area contributed by atoms with Crippen molar-refractivity contribution >= 4 is 16.0 Å². The average Bonchev–Trinajstić information content (AvgIpc) is 2.17. The molecule has 7 heteroatoms. The summed E-state index contributed by atoms with van der Waals surface area (Å²) in [6.07, 6.45) is 3.06. The summed E-state index contributed by atoms with van der Waals surface area (Å²) in [5.74, 6) is 0.0497. The highest BCUT2D eigenvalue weighted by atomic mass is 32.2. The maximum Gasteiger partial charge on any atom is 0.244 e. The fourth-order valence-electron chi connectivity index (χ4n) is 0.960. The van der Waals surface area contributed by atoms with Crippen LogP contribution >= 0.6 is 0 Å². The molecule has 0 aromatic carbocycles. The van der Waals surface area contributed by atoms with Gasteiger partial charge in [-0.25, -0.2) is 23.1 Å². The molecule has 1 rings (SSSR count). The van der Waals surface area contributed by atoms with E-state index in [0.29, 0.717) is 6.42 Å². The van der Waals surface area contributed by atoms with Crippen LogP contribution in [-0.4, -0.2) is 23.9 Å². The first kappa shape index (κ1) is 12.9. The summed E-state index contributed by atoms with van der Waals surface area (Å²) in [4.78, 5) is 7.31. The predicted octanol–water partition coefficient (Wildman–Crippen LogP) is 0.526. The van der Waals surface area contributed by atoms with Crippen LogP contribution in [0.4, 0.5) is 5.95 Å². The van der Waals surface area contributed by atoms with Gasteiger partial charge in [-0.15, -0.1) is 0 Å². The Kier molecular flexibility index (Phi) is 3.49. The monoisotopic (exact) mass is 244 g/mol. The third-order valence-corrected chi connectivity index (χ3v) is 3.91. The quantitative estimate of drug-likeness (QED) is 0.805. The summed E-state index contributed by atoms with van der Waals surface area (Å²) >= 11 is 0. The van der Waals surface area contributed by atoms with Crippen molar-refractivity contribution in [1.29, 1.82) is 0 Å². The van der Waals surface area contributed by atoms with E-state index in [-0.39, 0.29) is 10.8 Å². The van der Waals surface area contributed by atoms with Crippen LogP contribution in [0.2, 0.25) is 0 Å². The first-order chi connectivity index (χ1) is 7.27. The van der Waals surface area contributed by atoms with Crippen molar-refractivity contribution in [2.24, 2.45) is 0 Å². The molecule has 1 heterocycles. The topological polar surface area (TPSA) is 98.0 Å². The Bertz CT molecular complexity index is 453. The molecule has 90 valence electrons. The Labute approximate surface area is 95.3 Å². The highest BCUT2D eigenvalue weighted by molar-refractivity contribution is 7.89. The van der Waals surface area contributed by atoms with Gasteiger partial charge in [-0.1, -0.05) is 6.92 Å². The van der Waals surface area contributed by atoms with Crippen molar-refractivity contribution in [3.8, 4) is 0 Å². The van der Waals surface area contributed by atoms with E-state index in [9.17, 15) is 8.42 Å². The van der Waals surface area contributed by atoms with Crippen LogP contribution < -0.4 is 10.5 Å². The van der Waals surface area contributed by atoms with Crippen LogP contribution in [0.1, 0.15) is 27.2 Å². The number of hydrogen-bond donors (Lipinski definition) is 2. The Hall–Kier alpha value is -1.21. The number of nitrogen functional groups attached to an aromatic ring is 1. The van der Waals surface area contributed by atoms with Gasteiger partial charge in [0.05, 0.1) is 12.4 Å². The molecular formula is C9H16N4O2S. The van der Waals surface area contributed by atoms with E-state index in [1.807, 2.05) is 20.8 Å². The van der Waals surface area contributed by atoms with Crippen LogP contribution in [-0.2, 0) is 10.0 Å². The lowest BCUT2D eigenvalue weighted by atomic mass is 10.0. The molecular weight excluding hydrogens is 228 g/mol. The van der Waals surface area contributed by atoms with Crippen molar-refractivity contribution in [2.45, 2.75) is 37.6 Å². The molecule has 0 spiro atoms. The van der Waals surface area contributed by atoms with Crippen LogP contribution in [0.5, 0.6) is 0 Å². The predicted molar refractivity (Wildman–Crippen MR) is 61.1 cm³/mol. The number of sulfonamides is 1. The van der Waals surface area contributed by atoms with Crippen molar-refractivity contribution in [2.75, 3.05) is 5.73 Å². The lowest BCUT2D eigenvalue weighted by Gasteiger charge is -2.23. The van der Waals surface area contributed by atoms with Gasteiger partial charge in [-0.05, 0) is 20.3 Å². The third kappa shape index (κ3) is 3.14. The van der Waals surface area contributed by atoms with Crippen molar-refractivity contribution in [1.82, 2.24) is 14.7 Å². The van der Waals surface area contributed by atoms with Gasteiger partial charge in [-0.2, -0.15) is 0 Å². The molecule has 0 amide bonds. The van der Waals surface area contributed by atoms with Crippen LogP contribution in [0.25, 0.3) is 0 Å². The molecule has 0 fully saturated rings. The summed E-state index contributed by atoms with van der Waals surface area (Å²) in [6.45, 7) is 5.52. The van der Waals surface area contributed by atoms with Gasteiger partial charge in [0.15, 0.2) is 0 Å². The van der Waals surface area contributed by atoms with E-state index >= 15 is 0 Å². The zero-order chi connectivity index (χ0) is 12.4. The van der Waals surface area contributed by atoms with Crippen molar-refractivity contribution in [3.05, 3.63) is 12.4 Å². The molecule has 0 aliphatic heterocycles. The van der Waals surface area contributed by atoms with Gasteiger partial charge in [0, 0.05) is 5.54 Å². The maximum absolute atomic E-state index is 11.9. The minimum Gasteiger partial charge on any atom is -0.368 e. The smallest absolute Gasteiger partial charge is 0.244 e. The van der Waals surface area contributed by atoms with E-state index in [1.54, 1.807) is 0 Å². The molecule has 0 saturated carbocycles. The first-order valence-corrected chi connectivity index (χ1v) is 6.37. The highest BCUT2D eigenvalue weighted by Gasteiger charge is 2.24. The summed E-state index contributed by atoms with van der Waals surface area (Å²) < 4.78 is 26.3. The van der Waals surface area contributed by atoms with Crippen LogP contribution in [0.15, 0.2) is 17.3 Å². The van der Waals surface area contributed by atoms with Gasteiger partial charge in [0.1, 0.15) is 4.90 Å². The lowest BCUT2D eigenvalue weighted by molar-refractivity contribution is 0.439. The molecule has 0 aliphatic rings. The van der Waals surface area contributed by atoms with Gasteiger partial charge < -0.3 is 5.73 Å². The molecule has 6 nitrogen and oxygen atoms in total. The minimum absolute atomic E-state index is 0.0169. The molecule has 0 saturated heterocycles. The zero-order valence-electron chi connectivity index (χ0n) is 9.56. The molecule has 0 unspecified atom stereocenters. The Balaban J connectivity index is 2.99. The number of nitrogens with one attached hydrogen (secondary N) is 1. The summed E-state index contributed by atoms with van der Waals surface area (Å²) in [5.41, 5.74) is 4.79. The Morgan fingerprint density at radius 2 is 1.88 bits per heavy atom. The second-order valence-electron chi connectivity index (χ2n) is 4.12. The molecule has 0 bridgehead atoms. The molecule has 3 N–H and O–H groups in total. The fourth-order valence-corrected chi connectivity index (χ4v) is 2.33. The maximum atomic E-state index is 11.9. The van der Waals surface area contributed by atoms with E-state index in [1.165, 1.54) is 12.4 Å². The van der Waals surface area contributed by atoms with Crippen LogP contribution in [0.3, 0.4) is 0 Å². The lowest BCUT2D eigenvalue weighted by Crippen LogP contribution is -2.42. The van der Waals surface area contributed by atoms with Crippen LogP contribution in [0, 0.1) is 0 Å². The molecule has 0 radical (unpaired) electrons. The van der Waals surface area contributed by atoms with Gasteiger partial charge in [0.2, 0.25) is 16.0 Å². The highest BCUT2D eigenvalue weighted by Crippen LogP contribution is 2.14. The number of anilines is 1. The van der Waals surface area contributed by atoms with Gasteiger partial charge in [0.25, 0.3) is 0 Å². The summed E-state index contributed by atoms with van der Waals surface area (Å²) in [6, 6.07) is 0. The summed E-state index contributed by atoms with van der Waals surface area (Å²) in [5, 5.41) is 0. The average molecular weight is 244 g/mol. The zero-order valence-corrected chi connectivity index (χ0v) is 10.4. The standard InChI is InChI=1S/C9H16N4O2S/c1-4-9(2,3)13-16(14,15)7-5-11-8(10)12-6-7/h5-6,13H,4H2,1-3H3,(H2,10,11,12). The van der Waals surface area contributed by atoms with Gasteiger partial charge >= 0.3 is 0 Å². The Morgan fingerprint density at radius 3 is 2.31 bits per heavy atom. The number of nitrogens with zero attached hydrogens (tertiary/aromatic N) is 2. The number of aromatic nitrogens is 2.